The first-order valence-corrected chi connectivity index (χ1v) is 22.3. The quantitative estimate of drug-likeness (QED) is 0.0946. The molecule has 0 radical (unpaired) electrons. The van der Waals surface area contributed by atoms with E-state index in [2.05, 4.69) is 24.9 Å². The molecular weight excluding hydrogens is 823 g/mol. The Kier molecular flexibility index (Phi) is 12.5. The number of carbonyl (C=O) groups excluding carboxylic acids is 4. The Bertz CT molecular complexity index is 2500. The zero-order valence-electron chi connectivity index (χ0n) is 34.8. The highest BCUT2D eigenvalue weighted by molar-refractivity contribution is 7.22. The number of ether oxygens (including phenoxy) is 2. The molecule has 3 fully saturated rings. The molecule has 0 bridgehead atoms. The zero-order valence-corrected chi connectivity index (χ0v) is 35.6. The molecule has 0 aliphatic carbocycles. The van der Waals surface area contributed by atoms with Gasteiger partial charge in [-0.3, -0.25) is 39.2 Å². The van der Waals surface area contributed by atoms with Gasteiger partial charge in [0.25, 0.3) is 11.8 Å². The molecule has 15 nitrogen and oxygen atoms in total. The monoisotopic (exact) mass is 872 g/mol. The number of amides is 4. The number of rotatable bonds is 14. The topological polar surface area (TPSA) is 176 Å². The smallest absolute Gasteiger partial charge is 0.488 e. The number of anilines is 1. The number of carbonyl (C=O) groups is 4. The minimum atomic E-state index is -1.55. The predicted octanol–water partition coefficient (Wildman–Crippen LogP) is 3.36. The van der Waals surface area contributed by atoms with Gasteiger partial charge in [0.05, 0.1) is 16.0 Å². The van der Waals surface area contributed by atoms with Crippen LogP contribution in [0.2, 0.25) is 0 Å². The van der Waals surface area contributed by atoms with Crippen molar-refractivity contribution in [1.29, 1.82) is 0 Å². The molecule has 4 N–H and O–H groups in total. The average molecular weight is 873 g/mol. The van der Waals surface area contributed by atoms with Gasteiger partial charge in [0.15, 0.2) is 5.75 Å². The van der Waals surface area contributed by atoms with E-state index in [1.165, 1.54) is 11.3 Å². The third-order valence-electron chi connectivity index (χ3n) is 12.4. The van der Waals surface area contributed by atoms with Crippen LogP contribution in [0.15, 0.2) is 84.9 Å². The lowest BCUT2D eigenvalue weighted by Gasteiger charge is -2.37. The van der Waals surface area contributed by atoms with Crippen molar-refractivity contribution in [2.24, 2.45) is 0 Å². The van der Waals surface area contributed by atoms with Crippen molar-refractivity contribution in [2.75, 3.05) is 83.5 Å². The number of imide groups is 2. The lowest BCUT2D eigenvalue weighted by molar-refractivity contribution is -0.136. The lowest BCUT2D eigenvalue weighted by Crippen LogP contribution is -2.54. The Morgan fingerprint density at radius 2 is 1.37 bits per heavy atom. The molecule has 326 valence electrons. The Morgan fingerprint density at radius 3 is 2.05 bits per heavy atom. The number of nitrogens with zero attached hydrogens (tertiary/aromatic N) is 5. The summed E-state index contributed by atoms with van der Waals surface area (Å²) in [6, 6.07) is 24.1. The summed E-state index contributed by atoms with van der Waals surface area (Å²) in [5.74, 6) is 0.278. The highest BCUT2D eigenvalue weighted by Crippen LogP contribution is 2.47. The first-order valence-electron chi connectivity index (χ1n) is 21.5. The highest BCUT2D eigenvalue weighted by Gasteiger charge is 2.45. The molecule has 1 aromatic heterocycles. The van der Waals surface area contributed by atoms with E-state index in [0.29, 0.717) is 34.7 Å². The van der Waals surface area contributed by atoms with Crippen molar-refractivity contribution in [3.05, 3.63) is 96.1 Å². The molecule has 4 aliphatic rings. The van der Waals surface area contributed by atoms with Crippen LogP contribution in [0.4, 0.5) is 5.69 Å². The van der Waals surface area contributed by atoms with Gasteiger partial charge < -0.3 is 34.4 Å². The summed E-state index contributed by atoms with van der Waals surface area (Å²) in [6.07, 6.45) is 1.32. The van der Waals surface area contributed by atoms with Gasteiger partial charge in [-0.15, -0.1) is 11.3 Å². The molecular formula is C46H49BN6O9S. The van der Waals surface area contributed by atoms with Crippen LogP contribution in [-0.2, 0) is 9.59 Å². The Hall–Kier alpha value is -5.82. The standard InChI is InChI=1S/C46H49BN6O9S/c54-33-7-13-37-40(29-33)63-43(30-2-4-31(5-3-30)47(59)60)42(37)62-35-10-8-34(9-11-35)61-27-26-51-20-18-49(19-21-51)16-1-17-50-22-24-52(25-23-50)32-6-12-36-38(28-32)46(58)53(45(36)57)39-14-15-41(55)48-44(39)56/h2-13,28-29,39,54,59-60H,1,14-27H2,(H,48,55,56). The van der Waals surface area contributed by atoms with E-state index in [4.69, 9.17) is 9.47 Å². The SMILES string of the molecule is O=C1CCC(N2C(=O)c3ccc(N4CCN(CCCN5CCN(CCOc6ccc(Oc7c(-c8ccc(B(O)O)cc8)sc8cc(O)ccc78)cc6)CC5)CC4)cc3C2=O)C(=O)N1. The number of piperidine rings is 1. The number of hydrogen-bond acceptors (Lipinski definition) is 14. The summed E-state index contributed by atoms with van der Waals surface area (Å²) in [7, 11) is -1.55. The molecule has 17 heteroatoms. The zero-order chi connectivity index (χ0) is 43.6. The summed E-state index contributed by atoms with van der Waals surface area (Å²) in [6.45, 7) is 10.9. The second-order valence-corrected chi connectivity index (χ2v) is 17.5. The third-order valence-corrected chi connectivity index (χ3v) is 13.6. The fourth-order valence-corrected chi connectivity index (χ4v) is 9.98. The molecule has 4 aliphatic heterocycles. The molecule has 63 heavy (non-hydrogen) atoms. The summed E-state index contributed by atoms with van der Waals surface area (Å²) in [5, 5.41) is 32.3. The van der Waals surface area contributed by atoms with Crippen LogP contribution in [0.5, 0.6) is 23.0 Å². The average Bonchev–Trinajstić information content (AvgIpc) is 3.76. The number of piperazine rings is 2. The summed E-state index contributed by atoms with van der Waals surface area (Å²) in [5.41, 5.74) is 2.76. The fraction of sp³-hybridized carbons (Fsp3) is 0.348. The van der Waals surface area contributed by atoms with Gasteiger partial charge in [0.1, 0.15) is 29.9 Å². The number of benzene rings is 4. The van der Waals surface area contributed by atoms with Crippen LogP contribution < -0.4 is 25.2 Å². The molecule has 0 saturated carbocycles. The van der Waals surface area contributed by atoms with Crippen LogP contribution in [0, 0.1) is 0 Å². The maximum Gasteiger partial charge on any atom is 0.488 e. The molecule has 4 aromatic carbocycles. The first-order chi connectivity index (χ1) is 30.6. The number of fused-ring (bicyclic) bond motifs is 2. The largest absolute Gasteiger partial charge is 0.508 e. The van der Waals surface area contributed by atoms with E-state index < -0.39 is 36.8 Å². The minimum Gasteiger partial charge on any atom is -0.508 e. The maximum absolute atomic E-state index is 13.3. The van der Waals surface area contributed by atoms with E-state index in [1.807, 2.05) is 48.5 Å². The number of phenolic OH excluding ortho intramolecular Hbond substituents is 1. The first kappa shape index (κ1) is 42.5. The molecule has 1 atom stereocenters. The van der Waals surface area contributed by atoms with Crippen LogP contribution in [0.25, 0.3) is 20.5 Å². The fourth-order valence-electron chi connectivity index (χ4n) is 8.81. The second kappa shape index (κ2) is 18.5. The van der Waals surface area contributed by atoms with Crippen LogP contribution in [0.1, 0.15) is 40.0 Å². The molecule has 9 rings (SSSR count). The van der Waals surface area contributed by atoms with Gasteiger partial charge >= 0.3 is 7.12 Å². The van der Waals surface area contributed by atoms with Gasteiger partial charge in [-0.05, 0) is 97.6 Å². The summed E-state index contributed by atoms with van der Waals surface area (Å²) < 4.78 is 13.4. The number of aromatic hydroxyl groups is 1. The third kappa shape index (κ3) is 9.30. The molecule has 0 spiro atoms. The van der Waals surface area contributed by atoms with Gasteiger partial charge in [0.2, 0.25) is 11.8 Å². The lowest BCUT2D eigenvalue weighted by atomic mass is 9.80. The predicted molar refractivity (Wildman–Crippen MR) is 240 cm³/mol. The van der Waals surface area contributed by atoms with Gasteiger partial charge in [-0.2, -0.15) is 0 Å². The van der Waals surface area contributed by atoms with E-state index in [1.54, 1.807) is 36.4 Å². The van der Waals surface area contributed by atoms with Crippen molar-refractivity contribution >= 4 is 63.3 Å². The highest BCUT2D eigenvalue weighted by atomic mass is 32.1. The van der Waals surface area contributed by atoms with Gasteiger partial charge in [-0.25, -0.2) is 0 Å². The van der Waals surface area contributed by atoms with Crippen LogP contribution in [-0.4, -0.2) is 150 Å². The number of thiophene rings is 1. The molecule has 5 heterocycles. The summed E-state index contributed by atoms with van der Waals surface area (Å²) in [4.78, 5) is 62.0. The molecule has 4 amide bonds. The van der Waals surface area contributed by atoms with Crippen LogP contribution in [0.3, 0.4) is 0 Å². The molecule has 3 saturated heterocycles. The number of nitrogens with one attached hydrogen (secondary N) is 1. The van der Waals surface area contributed by atoms with Crippen molar-refractivity contribution in [3.8, 4) is 33.4 Å². The second-order valence-electron chi connectivity index (χ2n) is 16.4. The molecule has 5 aromatic rings. The Labute approximate surface area is 369 Å². The van der Waals surface area contributed by atoms with Crippen molar-refractivity contribution in [3.63, 3.8) is 0 Å². The van der Waals surface area contributed by atoms with Gasteiger partial charge in [0, 0.05) is 81.1 Å². The van der Waals surface area contributed by atoms with Crippen molar-refractivity contribution in [2.45, 2.75) is 25.3 Å². The molecule has 1 unspecified atom stereocenters. The normalized spacial score (nSPS) is 18.9. The van der Waals surface area contributed by atoms with E-state index in [-0.39, 0.29) is 18.6 Å². The van der Waals surface area contributed by atoms with E-state index in [0.717, 1.165) is 115 Å². The summed E-state index contributed by atoms with van der Waals surface area (Å²) >= 11 is 1.49. The van der Waals surface area contributed by atoms with E-state index >= 15 is 0 Å². The number of hydrogen-bond donors (Lipinski definition) is 4. The maximum atomic E-state index is 13.3. The Balaban J connectivity index is 0.683. The Morgan fingerprint density at radius 1 is 0.714 bits per heavy atom. The van der Waals surface area contributed by atoms with Gasteiger partial charge in [-0.1, -0.05) is 24.3 Å². The van der Waals surface area contributed by atoms with Crippen LogP contribution >= 0.6 is 11.3 Å². The van der Waals surface area contributed by atoms with Crippen molar-refractivity contribution < 1.29 is 43.8 Å². The van der Waals surface area contributed by atoms with Crippen molar-refractivity contribution in [1.82, 2.24) is 24.9 Å². The minimum absolute atomic E-state index is 0.0936. The number of phenols is 1. The van der Waals surface area contributed by atoms with E-state index in [9.17, 15) is 34.3 Å².